The first-order valence-electron chi connectivity index (χ1n) is 6.75. The second-order valence-corrected chi connectivity index (χ2v) is 5.02. The van der Waals surface area contributed by atoms with Crippen molar-refractivity contribution in [2.45, 2.75) is 72.4 Å². The maximum absolute atomic E-state index is 5.21. The molecule has 2 unspecified atom stereocenters. The van der Waals surface area contributed by atoms with E-state index in [1.807, 2.05) is 13.8 Å². The summed E-state index contributed by atoms with van der Waals surface area (Å²) < 4.78 is 5.21. The highest BCUT2D eigenvalue weighted by atomic mass is 16.5. The Morgan fingerprint density at radius 3 is 2.47 bits per heavy atom. The van der Waals surface area contributed by atoms with Gasteiger partial charge in [0.2, 0.25) is 0 Å². The predicted octanol–water partition coefficient (Wildman–Crippen LogP) is 3.91. The first kappa shape index (κ1) is 14.2. The van der Waals surface area contributed by atoms with Gasteiger partial charge in [-0.1, -0.05) is 31.3 Å². The summed E-state index contributed by atoms with van der Waals surface area (Å²) in [4.78, 5) is 0. The topological polar surface area (TPSA) is 38.1 Å². The Bertz CT molecular complexity index is 313. The summed E-state index contributed by atoms with van der Waals surface area (Å²) in [6, 6.07) is 0.864. The van der Waals surface area contributed by atoms with Gasteiger partial charge < -0.3 is 9.84 Å². The van der Waals surface area contributed by atoms with Gasteiger partial charge in [0.15, 0.2) is 0 Å². The average molecular weight is 238 g/mol. The van der Waals surface area contributed by atoms with Crippen LogP contribution in [-0.4, -0.2) is 11.2 Å². The standard InChI is InChI=1S/C14H26N2O/c1-6-7-8-9-10(2)15-11(3)14-12(4)16-17-13(14)5/h10-11,15H,6-9H2,1-5H3. The zero-order valence-electron chi connectivity index (χ0n) is 11.8. The lowest BCUT2D eigenvalue weighted by Crippen LogP contribution is -2.29. The summed E-state index contributed by atoms with van der Waals surface area (Å²) in [5.74, 6) is 0.934. The van der Waals surface area contributed by atoms with Gasteiger partial charge in [-0.05, 0) is 34.1 Å². The first-order chi connectivity index (χ1) is 8.06. The van der Waals surface area contributed by atoms with Gasteiger partial charge in [-0.25, -0.2) is 0 Å². The van der Waals surface area contributed by atoms with Gasteiger partial charge in [-0.2, -0.15) is 0 Å². The molecule has 0 saturated carbocycles. The van der Waals surface area contributed by atoms with Gasteiger partial charge in [0.05, 0.1) is 5.69 Å². The molecule has 0 aliphatic carbocycles. The Hall–Kier alpha value is -0.830. The van der Waals surface area contributed by atoms with Crippen molar-refractivity contribution in [2.24, 2.45) is 0 Å². The highest BCUT2D eigenvalue weighted by Crippen LogP contribution is 2.21. The molecule has 1 N–H and O–H groups in total. The Balaban J connectivity index is 2.46. The molecular weight excluding hydrogens is 212 g/mol. The molecule has 0 radical (unpaired) electrons. The number of unbranched alkanes of at least 4 members (excludes halogenated alkanes) is 2. The van der Waals surface area contributed by atoms with Crippen molar-refractivity contribution in [1.82, 2.24) is 10.5 Å². The Morgan fingerprint density at radius 1 is 1.24 bits per heavy atom. The van der Waals surface area contributed by atoms with Gasteiger partial charge in [0, 0.05) is 17.6 Å². The predicted molar refractivity (Wildman–Crippen MR) is 71.1 cm³/mol. The molecule has 2 atom stereocenters. The quantitative estimate of drug-likeness (QED) is 0.732. The summed E-state index contributed by atoms with van der Waals surface area (Å²) >= 11 is 0. The molecule has 1 aromatic heterocycles. The Labute approximate surface area is 105 Å². The van der Waals surface area contributed by atoms with Crippen LogP contribution in [0.4, 0.5) is 0 Å². The maximum Gasteiger partial charge on any atom is 0.138 e. The normalized spacial score (nSPS) is 14.9. The zero-order valence-corrected chi connectivity index (χ0v) is 11.8. The van der Waals surface area contributed by atoms with Crippen molar-refractivity contribution in [3.05, 3.63) is 17.0 Å². The molecule has 17 heavy (non-hydrogen) atoms. The van der Waals surface area contributed by atoms with Crippen molar-refractivity contribution in [1.29, 1.82) is 0 Å². The minimum absolute atomic E-state index is 0.317. The van der Waals surface area contributed by atoms with Crippen molar-refractivity contribution >= 4 is 0 Å². The van der Waals surface area contributed by atoms with Crippen LogP contribution in [0.3, 0.4) is 0 Å². The fraction of sp³-hybridized carbons (Fsp3) is 0.786. The lowest BCUT2D eigenvalue weighted by atomic mass is 10.0. The van der Waals surface area contributed by atoms with Crippen LogP contribution in [-0.2, 0) is 0 Å². The second-order valence-electron chi connectivity index (χ2n) is 5.02. The molecule has 1 rings (SSSR count). The molecule has 3 nitrogen and oxygen atoms in total. The SMILES string of the molecule is CCCCCC(C)NC(C)c1c(C)noc1C. The molecule has 0 aromatic carbocycles. The van der Waals surface area contributed by atoms with Crippen LogP contribution < -0.4 is 5.32 Å². The number of nitrogens with one attached hydrogen (secondary N) is 1. The van der Waals surface area contributed by atoms with Crippen LogP contribution in [0.1, 0.15) is 69.5 Å². The zero-order chi connectivity index (χ0) is 12.8. The minimum atomic E-state index is 0.317. The smallest absolute Gasteiger partial charge is 0.138 e. The van der Waals surface area contributed by atoms with Gasteiger partial charge in [-0.15, -0.1) is 0 Å². The molecule has 0 spiro atoms. The first-order valence-corrected chi connectivity index (χ1v) is 6.75. The summed E-state index contributed by atoms with van der Waals surface area (Å²) in [6.07, 6.45) is 5.15. The summed E-state index contributed by atoms with van der Waals surface area (Å²) in [5, 5.41) is 7.63. The summed E-state index contributed by atoms with van der Waals surface area (Å²) in [7, 11) is 0. The molecule has 0 amide bonds. The third kappa shape index (κ3) is 4.15. The van der Waals surface area contributed by atoms with Gasteiger partial charge in [-0.3, -0.25) is 0 Å². The van der Waals surface area contributed by atoms with E-state index in [1.54, 1.807) is 0 Å². The summed E-state index contributed by atoms with van der Waals surface area (Å²) in [5.41, 5.74) is 2.22. The molecule has 0 fully saturated rings. The van der Waals surface area contributed by atoms with Crippen LogP contribution in [0.5, 0.6) is 0 Å². The van der Waals surface area contributed by atoms with Crippen LogP contribution in [0.15, 0.2) is 4.52 Å². The van der Waals surface area contributed by atoms with Crippen molar-refractivity contribution in [3.63, 3.8) is 0 Å². The molecule has 0 aliphatic rings. The van der Waals surface area contributed by atoms with Gasteiger partial charge >= 0.3 is 0 Å². The van der Waals surface area contributed by atoms with E-state index in [9.17, 15) is 0 Å². The third-order valence-electron chi connectivity index (χ3n) is 3.30. The Kier molecular flexibility index (Phi) is 5.69. The maximum atomic E-state index is 5.21. The van der Waals surface area contributed by atoms with Crippen LogP contribution in [0.2, 0.25) is 0 Å². The van der Waals surface area contributed by atoms with E-state index in [-0.39, 0.29) is 0 Å². The number of aryl methyl sites for hydroxylation is 2. The highest BCUT2D eigenvalue weighted by Gasteiger charge is 2.17. The number of hydrogen-bond donors (Lipinski definition) is 1. The molecule has 1 heterocycles. The van der Waals surface area contributed by atoms with E-state index >= 15 is 0 Å². The molecule has 3 heteroatoms. The lowest BCUT2D eigenvalue weighted by molar-refractivity contribution is 0.388. The largest absolute Gasteiger partial charge is 0.361 e. The van der Waals surface area contributed by atoms with E-state index in [4.69, 9.17) is 4.52 Å². The fourth-order valence-corrected chi connectivity index (χ4v) is 2.40. The number of nitrogens with zero attached hydrogens (tertiary/aromatic N) is 1. The van der Waals surface area contributed by atoms with Gasteiger partial charge in [0.1, 0.15) is 5.76 Å². The minimum Gasteiger partial charge on any atom is -0.361 e. The molecule has 0 saturated heterocycles. The number of hydrogen-bond acceptors (Lipinski definition) is 3. The highest BCUT2D eigenvalue weighted by molar-refractivity contribution is 5.24. The molecular formula is C14H26N2O. The van der Waals surface area contributed by atoms with E-state index in [1.165, 1.54) is 31.2 Å². The second kappa shape index (κ2) is 6.80. The van der Waals surface area contributed by atoms with Crippen LogP contribution in [0.25, 0.3) is 0 Å². The molecule has 1 aromatic rings. The van der Waals surface area contributed by atoms with E-state index in [2.05, 4.69) is 31.2 Å². The fourth-order valence-electron chi connectivity index (χ4n) is 2.40. The van der Waals surface area contributed by atoms with Crippen molar-refractivity contribution in [2.75, 3.05) is 0 Å². The van der Waals surface area contributed by atoms with E-state index in [0.29, 0.717) is 12.1 Å². The lowest BCUT2D eigenvalue weighted by Gasteiger charge is -2.20. The molecule has 0 bridgehead atoms. The van der Waals surface area contributed by atoms with Crippen molar-refractivity contribution in [3.8, 4) is 0 Å². The van der Waals surface area contributed by atoms with Crippen molar-refractivity contribution < 1.29 is 4.52 Å². The van der Waals surface area contributed by atoms with E-state index in [0.717, 1.165) is 11.5 Å². The van der Waals surface area contributed by atoms with E-state index < -0.39 is 0 Å². The molecule has 98 valence electrons. The molecule has 0 aliphatic heterocycles. The third-order valence-corrected chi connectivity index (χ3v) is 3.30. The number of aromatic nitrogens is 1. The van der Waals surface area contributed by atoms with Crippen LogP contribution >= 0.6 is 0 Å². The Morgan fingerprint density at radius 2 is 1.94 bits per heavy atom. The monoisotopic (exact) mass is 238 g/mol. The van der Waals surface area contributed by atoms with Gasteiger partial charge in [0.25, 0.3) is 0 Å². The average Bonchev–Trinajstić information content (AvgIpc) is 2.58. The summed E-state index contributed by atoms with van der Waals surface area (Å²) in [6.45, 7) is 10.7. The van der Waals surface area contributed by atoms with Crippen LogP contribution in [0, 0.1) is 13.8 Å². The number of rotatable bonds is 7.